The highest BCUT2D eigenvalue weighted by Crippen LogP contribution is 2.34. The molecule has 0 atom stereocenters. The van der Waals surface area contributed by atoms with Crippen molar-refractivity contribution >= 4 is 32.0 Å². The number of aromatic nitrogens is 7. The van der Waals surface area contributed by atoms with Gasteiger partial charge in [0.05, 0.1) is 23.7 Å². The number of nitrogens with one attached hydrogen (secondary N) is 3. The Bertz CT molecular complexity index is 1880. The summed E-state index contributed by atoms with van der Waals surface area (Å²) in [6, 6.07) is 8.34. The Hall–Kier alpha value is -4.55. The number of fused-ring (bicyclic) bond motifs is 2. The third-order valence-electron chi connectivity index (χ3n) is 5.92. The molecule has 0 unspecified atom stereocenters. The molecule has 0 bridgehead atoms. The molecule has 6 aromatic rings. The molecule has 1 aromatic carbocycles. The van der Waals surface area contributed by atoms with Crippen molar-refractivity contribution in [2.75, 3.05) is 6.26 Å². The molecule has 3 N–H and O–H groups in total. The quantitative estimate of drug-likeness (QED) is 0.307. The van der Waals surface area contributed by atoms with Crippen LogP contribution in [0, 0.1) is 5.82 Å². The highest BCUT2D eigenvalue weighted by Gasteiger charge is 2.16. The lowest BCUT2D eigenvalue weighted by molar-refractivity contribution is 0.586. The van der Waals surface area contributed by atoms with Crippen LogP contribution in [0.5, 0.6) is 0 Å². The van der Waals surface area contributed by atoms with Crippen LogP contribution >= 0.6 is 0 Å². The summed E-state index contributed by atoms with van der Waals surface area (Å²) >= 11 is 0. The number of halogens is 1. The molecule has 0 saturated heterocycles. The standard InChI is InChI=1S/C25H19FN8O2S/c1-37(35,36)31-7-14-2-15(4-18(26)3-14)21-11-27-12-23-19(21)6-22(32-23)24-20-5-16(10-30-25(20)34-33-24)17-8-28-13-29-9-17/h2-6,8-13,31-32H,7H2,1H3,(H,30,33,34). The molecule has 0 fully saturated rings. The van der Waals surface area contributed by atoms with Crippen LogP contribution in [-0.4, -0.2) is 49.8 Å². The van der Waals surface area contributed by atoms with Crippen molar-refractivity contribution in [1.82, 2.24) is 39.8 Å². The molecule has 5 aromatic heterocycles. The van der Waals surface area contributed by atoms with Crippen molar-refractivity contribution in [1.29, 1.82) is 0 Å². The Labute approximate surface area is 210 Å². The fraction of sp³-hybridized carbons (Fsp3) is 0.0800. The fourth-order valence-corrected chi connectivity index (χ4v) is 4.67. The highest BCUT2D eigenvalue weighted by molar-refractivity contribution is 7.88. The lowest BCUT2D eigenvalue weighted by Crippen LogP contribution is -2.21. The van der Waals surface area contributed by atoms with E-state index in [1.807, 2.05) is 12.1 Å². The van der Waals surface area contributed by atoms with E-state index in [4.69, 9.17) is 0 Å². The zero-order chi connectivity index (χ0) is 25.6. The van der Waals surface area contributed by atoms with Gasteiger partial charge >= 0.3 is 0 Å². The van der Waals surface area contributed by atoms with Crippen molar-refractivity contribution in [3.05, 3.63) is 79.0 Å². The third-order valence-corrected chi connectivity index (χ3v) is 6.59. The van der Waals surface area contributed by atoms with Crippen LogP contribution < -0.4 is 4.72 Å². The molecular formula is C25H19FN8O2S. The van der Waals surface area contributed by atoms with E-state index in [1.54, 1.807) is 37.1 Å². The van der Waals surface area contributed by atoms with Crippen LogP contribution in [0.3, 0.4) is 0 Å². The summed E-state index contributed by atoms with van der Waals surface area (Å²) in [5, 5.41) is 9.06. The van der Waals surface area contributed by atoms with Gasteiger partial charge in [-0.05, 0) is 41.5 Å². The predicted octanol–water partition coefficient (Wildman–Crippen LogP) is 3.81. The number of rotatable bonds is 6. The Balaban J connectivity index is 1.44. The summed E-state index contributed by atoms with van der Waals surface area (Å²) in [6.07, 6.45) is 11.0. The van der Waals surface area contributed by atoms with Crippen molar-refractivity contribution in [2.24, 2.45) is 0 Å². The zero-order valence-electron chi connectivity index (χ0n) is 19.4. The molecule has 0 spiro atoms. The first-order chi connectivity index (χ1) is 17.8. The van der Waals surface area contributed by atoms with Gasteiger partial charge in [0, 0.05) is 58.8 Å². The maximum absolute atomic E-state index is 14.5. The number of sulfonamides is 1. The lowest BCUT2D eigenvalue weighted by atomic mass is 10.0. The lowest BCUT2D eigenvalue weighted by Gasteiger charge is -2.08. The first kappa shape index (κ1) is 22.9. The van der Waals surface area contributed by atoms with Crippen molar-refractivity contribution < 1.29 is 12.8 Å². The predicted molar refractivity (Wildman–Crippen MR) is 137 cm³/mol. The smallest absolute Gasteiger partial charge is 0.209 e. The van der Waals surface area contributed by atoms with Crippen LogP contribution in [0.15, 0.2) is 67.6 Å². The van der Waals surface area contributed by atoms with Gasteiger partial charge in [-0.25, -0.2) is 32.5 Å². The van der Waals surface area contributed by atoms with E-state index >= 15 is 0 Å². The number of H-pyrrole nitrogens is 2. The van der Waals surface area contributed by atoms with Gasteiger partial charge in [-0.15, -0.1) is 0 Å². The van der Waals surface area contributed by atoms with Crippen LogP contribution in [0.25, 0.3) is 55.6 Å². The molecule has 10 nitrogen and oxygen atoms in total. The van der Waals surface area contributed by atoms with Gasteiger partial charge in [-0.2, -0.15) is 5.10 Å². The summed E-state index contributed by atoms with van der Waals surface area (Å²) in [5.41, 5.74) is 6.22. The van der Waals surface area contributed by atoms with Gasteiger partial charge in [-0.3, -0.25) is 10.1 Å². The van der Waals surface area contributed by atoms with Gasteiger partial charge in [0.1, 0.15) is 17.8 Å². The highest BCUT2D eigenvalue weighted by atomic mass is 32.2. The van der Waals surface area contributed by atoms with Crippen LogP contribution in [0.2, 0.25) is 0 Å². The van der Waals surface area contributed by atoms with Gasteiger partial charge in [0.2, 0.25) is 10.0 Å². The minimum Gasteiger partial charge on any atom is -0.352 e. The minimum atomic E-state index is -3.42. The molecule has 184 valence electrons. The molecule has 0 aliphatic rings. The number of aromatic amines is 2. The molecule has 0 amide bonds. The normalized spacial score (nSPS) is 11.9. The SMILES string of the molecule is CS(=O)(=O)NCc1cc(F)cc(-c2cncc3[nH]c(-c4n[nH]c5ncc(-c6cncnc6)cc45)cc23)c1. The third kappa shape index (κ3) is 4.55. The summed E-state index contributed by atoms with van der Waals surface area (Å²) < 4.78 is 39.9. The first-order valence-electron chi connectivity index (χ1n) is 11.2. The van der Waals surface area contributed by atoms with E-state index in [9.17, 15) is 12.8 Å². The van der Waals surface area contributed by atoms with Crippen molar-refractivity contribution in [3.8, 4) is 33.6 Å². The number of nitrogens with zero attached hydrogens (tertiary/aromatic N) is 5. The number of hydrogen-bond donors (Lipinski definition) is 3. The average Bonchev–Trinajstić information content (AvgIpc) is 3.51. The topological polar surface area (TPSA) is 142 Å². The molecule has 0 saturated carbocycles. The fourth-order valence-electron chi connectivity index (χ4n) is 4.25. The molecule has 12 heteroatoms. The molecule has 0 radical (unpaired) electrons. The van der Waals surface area contributed by atoms with Gasteiger partial charge in [0.25, 0.3) is 0 Å². The van der Waals surface area contributed by atoms with Crippen LogP contribution in [-0.2, 0) is 16.6 Å². The van der Waals surface area contributed by atoms with E-state index in [0.717, 1.165) is 39.4 Å². The second-order valence-corrected chi connectivity index (χ2v) is 10.4. The average molecular weight is 515 g/mol. The molecule has 37 heavy (non-hydrogen) atoms. The summed E-state index contributed by atoms with van der Waals surface area (Å²) in [6.45, 7) is -0.0214. The Morgan fingerprint density at radius 3 is 2.54 bits per heavy atom. The molecule has 6 rings (SSSR count). The summed E-state index contributed by atoms with van der Waals surface area (Å²) in [5.74, 6) is -0.475. The maximum Gasteiger partial charge on any atom is 0.209 e. The van der Waals surface area contributed by atoms with Crippen molar-refractivity contribution in [3.63, 3.8) is 0 Å². The summed E-state index contributed by atoms with van der Waals surface area (Å²) in [4.78, 5) is 20.3. The van der Waals surface area contributed by atoms with E-state index in [2.05, 4.69) is 39.8 Å². The van der Waals surface area contributed by atoms with E-state index < -0.39 is 15.8 Å². The first-order valence-corrected chi connectivity index (χ1v) is 13.0. The number of benzene rings is 1. The van der Waals surface area contributed by atoms with Gasteiger partial charge < -0.3 is 4.98 Å². The van der Waals surface area contributed by atoms with Crippen molar-refractivity contribution in [2.45, 2.75) is 6.54 Å². The van der Waals surface area contributed by atoms with Gasteiger partial charge in [-0.1, -0.05) is 0 Å². The minimum absolute atomic E-state index is 0.0214. The maximum atomic E-state index is 14.5. The van der Waals surface area contributed by atoms with Gasteiger partial charge in [0.15, 0.2) is 5.65 Å². The Morgan fingerprint density at radius 2 is 1.73 bits per heavy atom. The molecule has 0 aliphatic heterocycles. The monoisotopic (exact) mass is 514 g/mol. The largest absolute Gasteiger partial charge is 0.352 e. The van der Waals surface area contributed by atoms with Crippen LogP contribution in [0.4, 0.5) is 4.39 Å². The Kier molecular flexibility index (Phi) is 5.46. The summed E-state index contributed by atoms with van der Waals surface area (Å²) in [7, 11) is -3.42. The van der Waals surface area contributed by atoms with E-state index in [1.165, 1.54) is 18.5 Å². The Morgan fingerprint density at radius 1 is 0.892 bits per heavy atom. The molecular weight excluding hydrogens is 495 g/mol. The van der Waals surface area contributed by atoms with E-state index in [0.29, 0.717) is 28.0 Å². The molecule has 0 aliphatic carbocycles. The number of hydrogen-bond acceptors (Lipinski definition) is 7. The van der Waals surface area contributed by atoms with E-state index in [-0.39, 0.29) is 6.54 Å². The molecule has 5 heterocycles. The second-order valence-electron chi connectivity index (χ2n) is 8.59. The number of pyridine rings is 2. The second kappa shape index (κ2) is 8.84. The van der Waals surface area contributed by atoms with Crippen LogP contribution in [0.1, 0.15) is 5.56 Å². The zero-order valence-corrected chi connectivity index (χ0v) is 20.2.